The van der Waals surface area contributed by atoms with Crippen LogP contribution >= 0.6 is 0 Å². The van der Waals surface area contributed by atoms with Crippen LogP contribution in [0.15, 0.2) is 47.4 Å². The summed E-state index contributed by atoms with van der Waals surface area (Å²) in [6.45, 7) is 0. The van der Waals surface area contributed by atoms with Crippen LogP contribution in [0.2, 0.25) is 0 Å². The fourth-order valence-corrected chi connectivity index (χ4v) is 3.68. The summed E-state index contributed by atoms with van der Waals surface area (Å²) in [6, 6.07) is 4.35. The molecule has 0 radical (unpaired) electrons. The van der Waals surface area contributed by atoms with E-state index in [2.05, 4.69) is 14.8 Å². The predicted molar refractivity (Wildman–Crippen MR) is 109 cm³/mol. The summed E-state index contributed by atoms with van der Waals surface area (Å²) in [5.41, 5.74) is -2.27. The summed E-state index contributed by atoms with van der Waals surface area (Å²) < 4.78 is 87.8. The summed E-state index contributed by atoms with van der Waals surface area (Å²) >= 11 is 0. The minimum Gasteiger partial charge on any atom is -0.469 e. The van der Waals surface area contributed by atoms with Crippen LogP contribution < -0.4 is 10.0 Å². The second kappa shape index (κ2) is 10.5. The quantitative estimate of drug-likeness (QED) is 0.416. The molecule has 1 atom stereocenters. The van der Waals surface area contributed by atoms with E-state index in [1.54, 1.807) is 0 Å². The zero-order valence-corrected chi connectivity index (χ0v) is 18.4. The number of nitrogens with one attached hydrogen (secondary N) is 2. The Morgan fingerprint density at radius 3 is 2.15 bits per heavy atom. The monoisotopic (exact) mass is 506 g/mol. The second-order valence-corrected chi connectivity index (χ2v) is 8.33. The van der Waals surface area contributed by atoms with Crippen molar-refractivity contribution in [1.82, 2.24) is 5.32 Å². The Hall–Kier alpha value is -3.68. The van der Waals surface area contributed by atoms with Gasteiger partial charge in [0, 0.05) is 11.3 Å². The zero-order chi connectivity index (χ0) is 25.7. The lowest BCUT2D eigenvalue weighted by Gasteiger charge is -2.15. The van der Waals surface area contributed by atoms with Crippen molar-refractivity contribution in [2.24, 2.45) is 0 Å². The molecule has 1 unspecified atom stereocenters. The Balaban J connectivity index is 2.20. The van der Waals surface area contributed by atoms with Gasteiger partial charge in [0.1, 0.15) is 11.9 Å². The van der Waals surface area contributed by atoms with E-state index in [9.17, 15) is 40.4 Å². The molecule has 0 aliphatic heterocycles. The topological polar surface area (TPSA) is 128 Å². The SMILES string of the molecule is COC(=O)CC(NC(=O)c1ccc(S(=O)(=O)Nc2ccc(F)c(C(F)(F)F)c2)cc1)C(=O)OC. The Morgan fingerprint density at radius 1 is 1.00 bits per heavy atom. The number of anilines is 1. The molecule has 0 heterocycles. The molecule has 0 aliphatic rings. The Morgan fingerprint density at radius 2 is 1.62 bits per heavy atom. The number of carbonyl (C=O) groups excluding carboxylic acids is 3. The second-order valence-electron chi connectivity index (χ2n) is 6.65. The van der Waals surface area contributed by atoms with Crippen molar-refractivity contribution in [3.8, 4) is 0 Å². The first-order valence-corrected chi connectivity index (χ1v) is 10.7. The fraction of sp³-hybridized carbons (Fsp3) is 0.250. The van der Waals surface area contributed by atoms with Crippen LogP contribution in [0, 0.1) is 5.82 Å². The van der Waals surface area contributed by atoms with Gasteiger partial charge < -0.3 is 14.8 Å². The molecule has 14 heteroatoms. The molecular weight excluding hydrogens is 488 g/mol. The van der Waals surface area contributed by atoms with Gasteiger partial charge in [0.15, 0.2) is 0 Å². The number of hydrogen-bond acceptors (Lipinski definition) is 7. The number of hydrogen-bond donors (Lipinski definition) is 2. The van der Waals surface area contributed by atoms with Gasteiger partial charge in [0.2, 0.25) is 0 Å². The number of sulfonamides is 1. The van der Waals surface area contributed by atoms with Crippen molar-refractivity contribution in [3.05, 3.63) is 59.4 Å². The molecule has 0 bridgehead atoms. The highest BCUT2D eigenvalue weighted by Crippen LogP contribution is 2.33. The average molecular weight is 506 g/mol. The van der Waals surface area contributed by atoms with Crippen LogP contribution in [0.25, 0.3) is 0 Å². The maximum atomic E-state index is 13.4. The number of amides is 1. The van der Waals surface area contributed by atoms with E-state index in [0.29, 0.717) is 12.1 Å². The molecule has 1 amide bonds. The molecule has 0 saturated carbocycles. The lowest BCUT2D eigenvalue weighted by Crippen LogP contribution is -2.43. The molecule has 0 aromatic heterocycles. The highest BCUT2D eigenvalue weighted by Gasteiger charge is 2.34. The standard InChI is InChI=1S/C20H18F4N2O7S/c1-32-17(27)10-16(19(29)33-2)25-18(28)11-3-6-13(7-4-11)34(30,31)26-12-5-8-15(21)14(9-12)20(22,23)24/h3-9,16,26H,10H2,1-2H3,(H,25,28). The number of rotatable bonds is 8. The van der Waals surface area contributed by atoms with Gasteiger partial charge in [0.05, 0.1) is 31.1 Å². The van der Waals surface area contributed by atoms with Gasteiger partial charge in [-0.3, -0.25) is 14.3 Å². The van der Waals surface area contributed by atoms with Crippen molar-refractivity contribution in [3.63, 3.8) is 0 Å². The van der Waals surface area contributed by atoms with Crippen LogP contribution in [0.4, 0.5) is 23.2 Å². The average Bonchev–Trinajstić information content (AvgIpc) is 2.78. The van der Waals surface area contributed by atoms with Gasteiger partial charge in [-0.05, 0) is 42.5 Å². The molecule has 2 aromatic rings. The third-order valence-electron chi connectivity index (χ3n) is 4.34. The first-order chi connectivity index (χ1) is 15.8. The molecular formula is C20H18F4N2O7S. The first-order valence-electron chi connectivity index (χ1n) is 9.23. The normalized spacial score (nSPS) is 12.4. The summed E-state index contributed by atoms with van der Waals surface area (Å²) in [5, 5.41) is 2.25. The Bertz CT molecular complexity index is 1180. The number of benzene rings is 2. The van der Waals surface area contributed by atoms with Crippen LogP contribution in [-0.4, -0.2) is 46.5 Å². The number of esters is 2. The highest BCUT2D eigenvalue weighted by molar-refractivity contribution is 7.92. The number of ether oxygens (including phenoxy) is 2. The largest absolute Gasteiger partial charge is 0.469 e. The van der Waals surface area contributed by atoms with E-state index >= 15 is 0 Å². The highest BCUT2D eigenvalue weighted by atomic mass is 32.2. The molecule has 9 nitrogen and oxygen atoms in total. The minimum atomic E-state index is -5.03. The van der Waals surface area contributed by atoms with E-state index in [1.807, 2.05) is 4.72 Å². The van der Waals surface area contributed by atoms with Gasteiger partial charge >= 0.3 is 18.1 Å². The van der Waals surface area contributed by atoms with Crippen molar-refractivity contribution in [2.75, 3.05) is 18.9 Å². The molecule has 2 rings (SSSR count). The Labute approximate surface area is 191 Å². The van der Waals surface area contributed by atoms with Crippen LogP contribution in [0.3, 0.4) is 0 Å². The lowest BCUT2D eigenvalue weighted by atomic mass is 10.1. The van der Waals surface area contributed by atoms with E-state index in [4.69, 9.17) is 0 Å². The fourth-order valence-electron chi connectivity index (χ4n) is 2.63. The van der Waals surface area contributed by atoms with Crippen LogP contribution in [0.5, 0.6) is 0 Å². The number of methoxy groups -OCH3 is 2. The first kappa shape index (κ1) is 26.6. The van der Waals surface area contributed by atoms with E-state index in [-0.39, 0.29) is 5.56 Å². The molecule has 0 fully saturated rings. The summed E-state index contributed by atoms with van der Waals surface area (Å²) in [5.74, 6) is -4.12. The smallest absolute Gasteiger partial charge is 0.419 e. The van der Waals surface area contributed by atoms with Crippen molar-refractivity contribution >= 4 is 33.6 Å². The van der Waals surface area contributed by atoms with E-state index in [1.165, 1.54) is 0 Å². The third kappa shape index (κ3) is 6.66. The maximum Gasteiger partial charge on any atom is 0.419 e. The summed E-state index contributed by atoms with van der Waals surface area (Å²) in [7, 11) is -2.27. The molecule has 0 saturated heterocycles. The maximum absolute atomic E-state index is 13.4. The molecule has 0 aliphatic carbocycles. The third-order valence-corrected chi connectivity index (χ3v) is 5.74. The number of carbonyl (C=O) groups is 3. The van der Waals surface area contributed by atoms with Crippen LogP contribution in [-0.2, 0) is 35.3 Å². The predicted octanol–water partition coefficient (Wildman–Crippen LogP) is 2.48. The van der Waals surface area contributed by atoms with Gasteiger partial charge in [-0.15, -0.1) is 0 Å². The molecule has 2 N–H and O–H groups in total. The van der Waals surface area contributed by atoms with Crippen molar-refractivity contribution in [2.45, 2.75) is 23.5 Å². The number of alkyl halides is 3. The van der Waals surface area contributed by atoms with E-state index < -0.39 is 68.5 Å². The van der Waals surface area contributed by atoms with Crippen molar-refractivity contribution in [1.29, 1.82) is 0 Å². The van der Waals surface area contributed by atoms with Gasteiger partial charge in [-0.25, -0.2) is 17.6 Å². The zero-order valence-electron chi connectivity index (χ0n) is 17.6. The van der Waals surface area contributed by atoms with Gasteiger partial charge in [0.25, 0.3) is 15.9 Å². The van der Waals surface area contributed by atoms with Gasteiger partial charge in [-0.1, -0.05) is 0 Å². The van der Waals surface area contributed by atoms with E-state index in [0.717, 1.165) is 44.6 Å². The molecule has 184 valence electrons. The summed E-state index contributed by atoms with van der Waals surface area (Å²) in [6.07, 6.45) is -5.54. The molecule has 34 heavy (non-hydrogen) atoms. The van der Waals surface area contributed by atoms with Crippen LogP contribution in [0.1, 0.15) is 22.3 Å². The summed E-state index contributed by atoms with van der Waals surface area (Å²) in [4.78, 5) is 35.2. The molecule has 2 aromatic carbocycles. The Kier molecular flexibility index (Phi) is 8.21. The minimum absolute atomic E-state index is 0.0983. The number of halogens is 4. The van der Waals surface area contributed by atoms with Crippen molar-refractivity contribution < 1.29 is 49.8 Å². The lowest BCUT2D eigenvalue weighted by molar-refractivity contribution is -0.149. The van der Waals surface area contributed by atoms with Gasteiger partial charge in [-0.2, -0.15) is 13.2 Å². The molecule has 0 spiro atoms.